The molecule has 2 saturated carbocycles. The number of hydrogen-bond donors (Lipinski definition) is 1. The molecule has 30 heavy (non-hydrogen) atoms. The normalized spacial score (nSPS) is 22.2. The number of nitrogens with zero attached hydrogens (tertiary/aromatic N) is 3. The number of unbranched alkanes of at least 4 members (excludes halogenated alkanes) is 1. The summed E-state index contributed by atoms with van der Waals surface area (Å²) in [5.41, 5.74) is 0. The first-order valence-electron chi connectivity index (χ1n) is 10.8. The van der Waals surface area contributed by atoms with Crippen LogP contribution in [0, 0.1) is 5.82 Å². The Kier molecular flexibility index (Phi) is 6.38. The monoisotopic (exact) mass is 436 g/mol. The van der Waals surface area contributed by atoms with Gasteiger partial charge in [0.05, 0.1) is 6.61 Å². The molecule has 0 saturated heterocycles. The Balaban J connectivity index is 1.43. The molecule has 0 spiro atoms. The summed E-state index contributed by atoms with van der Waals surface area (Å²) in [6.45, 7) is 2.52. The second-order valence-corrected chi connectivity index (χ2v) is 9.99. The molecule has 0 aliphatic heterocycles. The number of rotatable bonds is 9. The van der Waals surface area contributed by atoms with E-state index in [1.807, 2.05) is 6.92 Å². The fraction of sp³-hybridized carbons (Fsp3) is 0.619. The zero-order valence-electron chi connectivity index (χ0n) is 17.3. The summed E-state index contributed by atoms with van der Waals surface area (Å²) < 4.78 is 50.5. The molecule has 164 valence electrons. The molecule has 0 unspecified atom stereocenters. The van der Waals surface area contributed by atoms with E-state index < -0.39 is 15.8 Å². The van der Waals surface area contributed by atoms with Gasteiger partial charge in [-0.15, -0.1) is 10.2 Å². The summed E-state index contributed by atoms with van der Waals surface area (Å²) in [7, 11) is -3.96. The molecule has 9 heteroatoms. The minimum Gasteiger partial charge on any atom is -0.493 e. The fourth-order valence-corrected chi connectivity index (χ4v) is 5.44. The Hall–Kier alpha value is -2.00. The minimum absolute atomic E-state index is 0.163. The van der Waals surface area contributed by atoms with Crippen LogP contribution in [0.1, 0.15) is 76.1 Å². The molecule has 4 rings (SSSR count). The summed E-state index contributed by atoms with van der Waals surface area (Å²) in [6, 6.07) is 3.85. The molecule has 2 aromatic rings. The maximum absolute atomic E-state index is 14.5. The van der Waals surface area contributed by atoms with Crippen molar-refractivity contribution in [1.82, 2.24) is 19.5 Å². The lowest BCUT2D eigenvalue weighted by Crippen LogP contribution is -2.39. The van der Waals surface area contributed by atoms with E-state index in [1.54, 1.807) is 6.33 Å². The van der Waals surface area contributed by atoms with Crippen molar-refractivity contribution >= 4 is 10.0 Å². The van der Waals surface area contributed by atoms with Gasteiger partial charge in [0.2, 0.25) is 10.0 Å². The molecular weight excluding hydrogens is 407 g/mol. The Morgan fingerprint density at radius 1 is 1.27 bits per heavy atom. The molecule has 2 aliphatic rings. The maximum Gasteiger partial charge on any atom is 0.243 e. The van der Waals surface area contributed by atoms with Crippen LogP contribution >= 0.6 is 0 Å². The molecule has 0 bridgehead atoms. The molecule has 1 aromatic carbocycles. The molecule has 0 amide bonds. The van der Waals surface area contributed by atoms with E-state index in [9.17, 15) is 12.8 Å². The molecular formula is C21H29FN4O3S. The van der Waals surface area contributed by atoms with Gasteiger partial charge in [0.1, 0.15) is 28.6 Å². The first-order chi connectivity index (χ1) is 14.5. The molecule has 1 aromatic heterocycles. The number of hydrogen-bond acceptors (Lipinski definition) is 5. The van der Waals surface area contributed by atoms with Crippen LogP contribution < -0.4 is 9.46 Å². The highest BCUT2D eigenvalue weighted by atomic mass is 32.2. The van der Waals surface area contributed by atoms with Crippen molar-refractivity contribution in [3.8, 4) is 5.75 Å². The first kappa shape index (κ1) is 21.2. The number of nitrogens with one attached hydrogen (secondary N) is 1. The minimum atomic E-state index is -3.96. The van der Waals surface area contributed by atoms with Gasteiger partial charge in [0.25, 0.3) is 0 Å². The van der Waals surface area contributed by atoms with Gasteiger partial charge in [-0.2, -0.15) is 0 Å². The zero-order chi connectivity index (χ0) is 21.1. The maximum atomic E-state index is 14.5. The quantitative estimate of drug-likeness (QED) is 0.602. The lowest BCUT2D eigenvalue weighted by Gasteiger charge is -2.31. The van der Waals surface area contributed by atoms with Crippen LogP contribution in [0.4, 0.5) is 4.39 Å². The van der Waals surface area contributed by atoms with Crippen molar-refractivity contribution in [3.63, 3.8) is 0 Å². The topological polar surface area (TPSA) is 86.1 Å². The fourth-order valence-electron chi connectivity index (χ4n) is 4.10. The number of halogens is 1. The summed E-state index contributed by atoms with van der Waals surface area (Å²) >= 11 is 0. The number of aromatic nitrogens is 3. The van der Waals surface area contributed by atoms with Gasteiger partial charge in [-0.1, -0.05) is 13.3 Å². The van der Waals surface area contributed by atoms with Crippen molar-refractivity contribution in [2.75, 3.05) is 6.61 Å². The third-order valence-corrected chi connectivity index (χ3v) is 7.42. The molecule has 1 heterocycles. The largest absolute Gasteiger partial charge is 0.493 e. The molecule has 2 atom stereocenters. The van der Waals surface area contributed by atoms with Crippen LogP contribution in [0.5, 0.6) is 5.75 Å². The van der Waals surface area contributed by atoms with Gasteiger partial charge in [0.15, 0.2) is 0 Å². The van der Waals surface area contributed by atoms with E-state index in [4.69, 9.17) is 4.74 Å². The Morgan fingerprint density at radius 2 is 2.10 bits per heavy atom. The molecule has 7 nitrogen and oxygen atoms in total. The Bertz CT molecular complexity index is 974. The van der Waals surface area contributed by atoms with Gasteiger partial charge in [-0.25, -0.2) is 17.5 Å². The highest BCUT2D eigenvalue weighted by Crippen LogP contribution is 2.41. The molecule has 0 radical (unpaired) electrons. The van der Waals surface area contributed by atoms with Crippen LogP contribution in [-0.2, 0) is 10.0 Å². The average molecular weight is 437 g/mol. The van der Waals surface area contributed by atoms with E-state index >= 15 is 0 Å². The van der Waals surface area contributed by atoms with Crippen molar-refractivity contribution < 1.29 is 17.5 Å². The zero-order valence-corrected chi connectivity index (χ0v) is 18.1. The summed E-state index contributed by atoms with van der Waals surface area (Å²) in [4.78, 5) is -0.338. The van der Waals surface area contributed by atoms with Gasteiger partial charge in [-0.05, 0) is 57.1 Å². The van der Waals surface area contributed by atoms with Crippen molar-refractivity contribution in [3.05, 3.63) is 36.2 Å². The standard InChI is InChI=1S/C21H29FN4O3S/c1-2-3-11-29-18-9-10-20(19(22)13-18)30(27,28)25-16-5-4-6-17(12-16)26-14-23-24-21(26)15-7-8-15/h9-10,13-17,25H,2-8,11-12H2,1H3/t16-,17+/m0/s1. The lowest BCUT2D eigenvalue weighted by atomic mass is 9.91. The van der Waals surface area contributed by atoms with Gasteiger partial charge < -0.3 is 9.30 Å². The van der Waals surface area contributed by atoms with E-state index in [1.165, 1.54) is 12.1 Å². The van der Waals surface area contributed by atoms with Crippen molar-refractivity contribution in [1.29, 1.82) is 0 Å². The Labute approximate surface area is 177 Å². The van der Waals surface area contributed by atoms with E-state index in [2.05, 4.69) is 19.5 Å². The third kappa shape index (κ3) is 4.83. The predicted molar refractivity (Wildman–Crippen MR) is 110 cm³/mol. The number of ether oxygens (including phenoxy) is 1. The first-order valence-corrected chi connectivity index (χ1v) is 12.3. The summed E-state index contributed by atoms with van der Waals surface area (Å²) in [6.07, 6.45) is 9.11. The van der Waals surface area contributed by atoms with Crippen LogP contribution in [0.25, 0.3) is 0 Å². The molecule has 2 fully saturated rings. The highest BCUT2D eigenvalue weighted by molar-refractivity contribution is 7.89. The molecule has 2 aliphatic carbocycles. The van der Waals surface area contributed by atoms with Gasteiger partial charge in [0, 0.05) is 24.1 Å². The van der Waals surface area contributed by atoms with Crippen molar-refractivity contribution in [2.45, 2.75) is 81.2 Å². The van der Waals surface area contributed by atoms with Crippen LogP contribution in [0.3, 0.4) is 0 Å². The van der Waals surface area contributed by atoms with Crippen molar-refractivity contribution in [2.24, 2.45) is 0 Å². The van der Waals surface area contributed by atoms with Crippen LogP contribution in [0.15, 0.2) is 29.4 Å². The van der Waals surface area contributed by atoms with Gasteiger partial charge in [-0.3, -0.25) is 0 Å². The van der Waals surface area contributed by atoms with E-state index in [0.29, 0.717) is 24.7 Å². The highest BCUT2D eigenvalue weighted by Gasteiger charge is 2.34. The number of sulfonamides is 1. The smallest absolute Gasteiger partial charge is 0.243 e. The third-order valence-electron chi connectivity index (χ3n) is 5.86. The van der Waals surface area contributed by atoms with E-state index in [0.717, 1.165) is 56.8 Å². The molecule has 1 N–H and O–H groups in total. The predicted octanol–water partition coefficient (Wildman–Crippen LogP) is 3.94. The van der Waals surface area contributed by atoms with E-state index in [-0.39, 0.29) is 17.0 Å². The van der Waals surface area contributed by atoms with Crippen LogP contribution in [0.2, 0.25) is 0 Å². The number of benzene rings is 1. The SMILES string of the molecule is CCCCOc1ccc(S(=O)(=O)N[C@H]2CCC[C@@H](n3cnnc3C3CC3)C2)c(F)c1. The second kappa shape index (κ2) is 9.01. The second-order valence-electron chi connectivity index (χ2n) is 8.30. The Morgan fingerprint density at radius 3 is 2.83 bits per heavy atom. The summed E-state index contributed by atoms with van der Waals surface area (Å²) in [5, 5.41) is 8.33. The summed E-state index contributed by atoms with van der Waals surface area (Å²) in [5.74, 6) is 1.04. The average Bonchev–Trinajstić information content (AvgIpc) is 3.44. The lowest BCUT2D eigenvalue weighted by molar-refractivity contribution is 0.300. The van der Waals surface area contributed by atoms with Gasteiger partial charge >= 0.3 is 0 Å². The van der Waals surface area contributed by atoms with Crippen LogP contribution in [-0.4, -0.2) is 35.8 Å².